The van der Waals surface area contributed by atoms with E-state index in [2.05, 4.69) is 4.72 Å². The maximum Gasteiger partial charge on any atom is 0.208 e. The van der Waals surface area contributed by atoms with E-state index in [1.54, 1.807) is 6.92 Å². The zero-order valence-corrected chi connectivity index (χ0v) is 6.40. The fraction of sp³-hybridized carbons (Fsp3) is 1.00. The van der Waals surface area contributed by atoms with Crippen molar-refractivity contribution in [1.82, 2.24) is 4.72 Å². The Bertz CT molecular complexity index is 163. The van der Waals surface area contributed by atoms with Crippen LogP contribution in [0.4, 0.5) is 0 Å². The maximum atomic E-state index is 10.4. The van der Waals surface area contributed by atoms with Gasteiger partial charge in [0.2, 0.25) is 10.0 Å². The van der Waals surface area contributed by atoms with E-state index in [0.717, 1.165) is 6.26 Å². The Labute approximate surface area is 55.5 Å². The first-order valence-electron chi connectivity index (χ1n) is 2.63. The van der Waals surface area contributed by atoms with E-state index in [9.17, 15) is 8.42 Å². The minimum atomic E-state index is -3.07. The van der Waals surface area contributed by atoms with Gasteiger partial charge in [-0.05, 0) is 6.92 Å². The molecule has 0 saturated carbocycles. The third kappa shape index (κ3) is 5.75. The monoisotopic (exact) mass is 152 g/mol. The molecule has 0 aromatic carbocycles. The Morgan fingerprint density at radius 1 is 1.67 bits per heavy atom. The second-order valence-corrected chi connectivity index (χ2v) is 3.81. The van der Waals surface area contributed by atoms with E-state index in [1.165, 1.54) is 0 Å². The number of nitrogens with one attached hydrogen (secondary N) is 1. The Balaban J connectivity index is 3.75. The van der Waals surface area contributed by atoms with Gasteiger partial charge in [-0.15, -0.1) is 0 Å². The van der Waals surface area contributed by atoms with Crippen molar-refractivity contribution in [1.29, 1.82) is 0 Å². The number of sulfonamides is 1. The van der Waals surface area contributed by atoms with Crippen molar-refractivity contribution >= 4 is 10.0 Å². The minimum Gasteiger partial charge on any atom is -0.329 e. The third-order valence-corrected chi connectivity index (χ3v) is 1.60. The van der Waals surface area contributed by atoms with E-state index in [-0.39, 0.29) is 6.04 Å². The first-order chi connectivity index (χ1) is 3.95. The van der Waals surface area contributed by atoms with E-state index in [4.69, 9.17) is 5.73 Å². The summed E-state index contributed by atoms with van der Waals surface area (Å²) in [7, 11) is -3.07. The predicted molar refractivity (Wildman–Crippen MR) is 36.5 cm³/mol. The molecular weight excluding hydrogens is 140 g/mol. The molecule has 0 bridgehead atoms. The molecule has 5 heteroatoms. The van der Waals surface area contributed by atoms with E-state index in [1.807, 2.05) is 0 Å². The van der Waals surface area contributed by atoms with Crippen molar-refractivity contribution < 1.29 is 8.42 Å². The van der Waals surface area contributed by atoms with Gasteiger partial charge in [-0.3, -0.25) is 0 Å². The topological polar surface area (TPSA) is 72.2 Å². The Hall–Kier alpha value is -0.130. The van der Waals surface area contributed by atoms with Gasteiger partial charge in [-0.2, -0.15) is 0 Å². The largest absolute Gasteiger partial charge is 0.329 e. The molecule has 0 rings (SSSR count). The molecule has 0 saturated heterocycles. The molecule has 0 aliphatic rings. The quantitative estimate of drug-likeness (QED) is 0.538. The molecule has 0 aliphatic heterocycles. The second-order valence-electron chi connectivity index (χ2n) is 2.03. The lowest BCUT2D eigenvalue weighted by atomic mass is 10.4. The van der Waals surface area contributed by atoms with Crippen LogP contribution in [0.25, 0.3) is 0 Å². The Morgan fingerprint density at radius 3 is 2.22 bits per heavy atom. The first kappa shape index (κ1) is 8.87. The molecule has 0 unspecified atom stereocenters. The molecule has 0 fully saturated rings. The van der Waals surface area contributed by atoms with Gasteiger partial charge in [0.05, 0.1) is 6.26 Å². The van der Waals surface area contributed by atoms with Crippen LogP contribution in [0.3, 0.4) is 0 Å². The molecule has 0 aromatic rings. The summed E-state index contributed by atoms with van der Waals surface area (Å²) < 4.78 is 23.2. The molecule has 0 amide bonds. The van der Waals surface area contributed by atoms with Gasteiger partial charge in [0.25, 0.3) is 0 Å². The van der Waals surface area contributed by atoms with Crippen molar-refractivity contribution in [2.24, 2.45) is 5.73 Å². The highest BCUT2D eigenvalue weighted by atomic mass is 32.2. The standard InChI is InChI=1S/C4H12N2O2S/c1-4(3-5)6-9(2,7)8/h4,6H,3,5H2,1-2H3/t4-/m1/s1. The maximum absolute atomic E-state index is 10.4. The normalized spacial score (nSPS) is 15.4. The van der Waals surface area contributed by atoms with Gasteiger partial charge in [-0.1, -0.05) is 0 Å². The summed E-state index contributed by atoms with van der Waals surface area (Å²) in [6.07, 6.45) is 1.11. The highest BCUT2D eigenvalue weighted by Crippen LogP contribution is 1.80. The van der Waals surface area contributed by atoms with Crippen LogP contribution >= 0.6 is 0 Å². The van der Waals surface area contributed by atoms with Crippen LogP contribution in [0.1, 0.15) is 6.92 Å². The SMILES string of the molecule is C[C@H](CN)NS(C)(=O)=O. The zero-order valence-electron chi connectivity index (χ0n) is 5.59. The molecule has 0 heterocycles. The molecular formula is C4H12N2O2S. The summed E-state index contributed by atoms with van der Waals surface area (Å²) in [5.74, 6) is 0. The van der Waals surface area contributed by atoms with Gasteiger partial charge in [0.1, 0.15) is 0 Å². The smallest absolute Gasteiger partial charge is 0.208 e. The van der Waals surface area contributed by atoms with Crippen LogP contribution in [0.5, 0.6) is 0 Å². The average molecular weight is 152 g/mol. The van der Waals surface area contributed by atoms with E-state index >= 15 is 0 Å². The molecule has 4 nitrogen and oxygen atoms in total. The molecule has 0 aromatic heterocycles. The van der Waals surface area contributed by atoms with Crippen LogP contribution in [0, 0.1) is 0 Å². The predicted octanol–water partition coefficient (Wildman–Crippen LogP) is -1.12. The molecule has 0 aliphatic carbocycles. The molecule has 56 valence electrons. The van der Waals surface area contributed by atoms with E-state index in [0.29, 0.717) is 6.54 Å². The van der Waals surface area contributed by atoms with Gasteiger partial charge < -0.3 is 5.73 Å². The van der Waals surface area contributed by atoms with Crippen LogP contribution < -0.4 is 10.5 Å². The van der Waals surface area contributed by atoms with Crippen molar-refractivity contribution in [3.05, 3.63) is 0 Å². The highest BCUT2D eigenvalue weighted by molar-refractivity contribution is 7.88. The minimum absolute atomic E-state index is 0.167. The summed E-state index contributed by atoms with van der Waals surface area (Å²) in [6.45, 7) is 2.04. The lowest BCUT2D eigenvalue weighted by Gasteiger charge is -2.07. The summed E-state index contributed by atoms with van der Waals surface area (Å²) >= 11 is 0. The van der Waals surface area contributed by atoms with Crippen molar-refractivity contribution in [2.45, 2.75) is 13.0 Å². The summed E-state index contributed by atoms with van der Waals surface area (Å²) in [6, 6.07) is -0.167. The van der Waals surface area contributed by atoms with Crippen LogP contribution in [-0.2, 0) is 10.0 Å². The molecule has 0 spiro atoms. The number of rotatable bonds is 3. The highest BCUT2D eigenvalue weighted by Gasteiger charge is 2.04. The Kier molecular flexibility index (Phi) is 3.10. The summed E-state index contributed by atoms with van der Waals surface area (Å²) in [5.41, 5.74) is 5.15. The summed E-state index contributed by atoms with van der Waals surface area (Å²) in [5, 5.41) is 0. The van der Waals surface area contributed by atoms with Crippen LogP contribution in [-0.4, -0.2) is 27.3 Å². The van der Waals surface area contributed by atoms with E-state index < -0.39 is 10.0 Å². The Morgan fingerprint density at radius 2 is 2.11 bits per heavy atom. The fourth-order valence-corrected chi connectivity index (χ4v) is 1.24. The van der Waals surface area contributed by atoms with Gasteiger partial charge in [0.15, 0.2) is 0 Å². The molecule has 0 radical (unpaired) electrons. The molecule has 1 atom stereocenters. The lowest BCUT2D eigenvalue weighted by molar-refractivity contribution is 0.568. The lowest BCUT2D eigenvalue weighted by Crippen LogP contribution is -2.36. The van der Waals surface area contributed by atoms with Crippen LogP contribution in [0.15, 0.2) is 0 Å². The van der Waals surface area contributed by atoms with Crippen molar-refractivity contribution in [3.63, 3.8) is 0 Å². The first-order valence-corrected chi connectivity index (χ1v) is 4.52. The number of nitrogens with two attached hydrogens (primary N) is 1. The average Bonchev–Trinajstić information content (AvgIpc) is 1.62. The van der Waals surface area contributed by atoms with Gasteiger partial charge in [0, 0.05) is 12.6 Å². The summed E-state index contributed by atoms with van der Waals surface area (Å²) in [4.78, 5) is 0. The van der Waals surface area contributed by atoms with Gasteiger partial charge in [-0.25, -0.2) is 13.1 Å². The zero-order chi connectivity index (χ0) is 7.49. The molecule has 9 heavy (non-hydrogen) atoms. The van der Waals surface area contributed by atoms with Crippen LogP contribution in [0.2, 0.25) is 0 Å². The third-order valence-electron chi connectivity index (χ3n) is 0.769. The number of hydrogen-bond acceptors (Lipinski definition) is 3. The second kappa shape index (κ2) is 3.14. The van der Waals surface area contributed by atoms with Gasteiger partial charge >= 0.3 is 0 Å². The fourth-order valence-electron chi connectivity index (χ4n) is 0.414. The number of hydrogen-bond donors (Lipinski definition) is 2. The van der Waals surface area contributed by atoms with Crippen molar-refractivity contribution in [3.8, 4) is 0 Å². The van der Waals surface area contributed by atoms with Crippen molar-refractivity contribution in [2.75, 3.05) is 12.8 Å². The molecule has 3 N–H and O–H groups in total.